The van der Waals surface area contributed by atoms with Gasteiger partial charge in [-0.3, -0.25) is 9.67 Å². The lowest BCUT2D eigenvalue weighted by Crippen LogP contribution is -2.30. The normalized spacial score (nSPS) is 13.3. The molecule has 0 aliphatic rings. The van der Waals surface area contributed by atoms with Crippen LogP contribution in [0.15, 0.2) is 35.5 Å². The van der Waals surface area contributed by atoms with Crippen molar-refractivity contribution in [1.82, 2.24) is 19.5 Å². The molecular weight excluding hydrogens is 288 g/mol. The molecule has 2 rings (SSSR count). The molecule has 2 heterocycles. The van der Waals surface area contributed by atoms with E-state index < -0.39 is 10.0 Å². The molecule has 7 heteroatoms. The average Bonchev–Trinajstić information content (AvgIpc) is 2.88. The van der Waals surface area contributed by atoms with Crippen LogP contribution in [0.4, 0.5) is 0 Å². The quantitative estimate of drug-likeness (QED) is 0.886. The molecule has 0 saturated carbocycles. The molecule has 0 saturated heterocycles. The van der Waals surface area contributed by atoms with Crippen LogP contribution < -0.4 is 4.72 Å². The lowest BCUT2D eigenvalue weighted by Gasteiger charge is -2.16. The van der Waals surface area contributed by atoms with E-state index >= 15 is 0 Å². The molecule has 0 unspecified atom stereocenters. The Kier molecular flexibility index (Phi) is 4.74. The van der Waals surface area contributed by atoms with Crippen molar-refractivity contribution < 1.29 is 8.42 Å². The Balaban J connectivity index is 2.31. The zero-order chi connectivity index (χ0) is 15.5. The van der Waals surface area contributed by atoms with E-state index in [-0.39, 0.29) is 11.1 Å². The molecule has 2 aromatic heterocycles. The summed E-state index contributed by atoms with van der Waals surface area (Å²) in [4.78, 5) is 4.23. The van der Waals surface area contributed by atoms with Gasteiger partial charge in [0.15, 0.2) is 5.03 Å². The minimum atomic E-state index is -3.63. The van der Waals surface area contributed by atoms with E-state index in [2.05, 4.69) is 14.8 Å². The summed E-state index contributed by atoms with van der Waals surface area (Å²) in [6.45, 7) is 6.07. The van der Waals surface area contributed by atoms with Crippen LogP contribution in [0.1, 0.15) is 37.7 Å². The highest BCUT2D eigenvalue weighted by Crippen LogP contribution is 2.19. The van der Waals surface area contributed by atoms with Crippen molar-refractivity contribution >= 4 is 10.0 Å². The third kappa shape index (κ3) is 3.48. The number of sulfonamides is 1. The molecule has 0 aliphatic carbocycles. The molecule has 0 bridgehead atoms. The Hall–Kier alpha value is -1.73. The lowest BCUT2D eigenvalue weighted by atomic mass is 10.1. The first-order chi connectivity index (χ1) is 9.97. The maximum Gasteiger partial charge on any atom is 0.258 e. The minimum absolute atomic E-state index is 0.192. The molecule has 114 valence electrons. The molecule has 0 spiro atoms. The molecule has 1 atom stereocenters. The van der Waals surface area contributed by atoms with Gasteiger partial charge in [-0.25, -0.2) is 13.1 Å². The number of aromatic nitrogens is 3. The monoisotopic (exact) mass is 308 g/mol. The van der Waals surface area contributed by atoms with Gasteiger partial charge in [0, 0.05) is 12.7 Å². The third-order valence-corrected chi connectivity index (χ3v) is 4.66. The van der Waals surface area contributed by atoms with E-state index in [9.17, 15) is 8.42 Å². The lowest BCUT2D eigenvalue weighted by molar-refractivity contribution is 0.520. The molecule has 6 nitrogen and oxygen atoms in total. The van der Waals surface area contributed by atoms with Crippen LogP contribution in [-0.4, -0.2) is 23.2 Å². The van der Waals surface area contributed by atoms with E-state index in [1.807, 2.05) is 26.0 Å². The summed E-state index contributed by atoms with van der Waals surface area (Å²) in [7, 11) is -3.63. The van der Waals surface area contributed by atoms with Crippen molar-refractivity contribution in [3.63, 3.8) is 0 Å². The second-order valence-electron chi connectivity index (χ2n) is 4.78. The predicted octanol–water partition coefficient (Wildman–Crippen LogP) is 2.04. The second kappa shape index (κ2) is 6.36. The van der Waals surface area contributed by atoms with Gasteiger partial charge >= 0.3 is 0 Å². The van der Waals surface area contributed by atoms with E-state index in [0.717, 1.165) is 0 Å². The molecule has 1 N–H and O–H groups in total. The highest BCUT2D eigenvalue weighted by Gasteiger charge is 2.24. The molecule has 0 aliphatic heterocycles. The summed E-state index contributed by atoms with van der Waals surface area (Å²) in [5, 5.41) is 4.37. The standard InChI is InChI=1S/C14H20N4O2S/c1-4-12(13-8-6-7-9-15-13)17-21(19,20)14-10-11(3)16-18(14)5-2/h6-10,12,17H,4-5H2,1-3H3/t12-/m1/s1. The Morgan fingerprint density at radius 2 is 2.10 bits per heavy atom. The molecule has 2 aromatic rings. The van der Waals surface area contributed by atoms with Gasteiger partial charge in [-0.2, -0.15) is 5.10 Å². The van der Waals surface area contributed by atoms with Gasteiger partial charge in [-0.15, -0.1) is 0 Å². The van der Waals surface area contributed by atoms with Crippen LogP contribution >= 0.6 is 0 Å². The van der Waals surface area contributed by atoms with E-state index in [4.69, 9.17) is 0 Å². The maximum absolute atomic E-state index is 12.6. The maximum atomic E-state index is 12.6. The number of pyridine rings is 1. The van der Waals surface area contributed by atoms with Crippen LogP contribution in [0, 0.1) is 6.92 Å². The predicted molar refractivity (Wildman–Crippen MR) is 80.2 cm³/mol. The Labute approximate surface area is 125 Å². The number of hydrogen-bond donors (Lipinski definition) is 1. The first-order valence-electron chi connectivity index (χ1n) is 6.95. The summed E-state index contributed by atoms with van der Waals surface area (Å²) in [5.41, 5.74) is 1.39. The van der Waals surface area contributed by atoms with Gasteiger partial charge in [0.2, 0.25) is 0 Å². The average molecular weight is 308 g/mol. The van der Waals surface area contributed by atoms with Gasteiger partial charge in [-0.1, -0.05) is 13.0 Å². The van der Waals surface area contributed by atoms with E-state index in [1.54, 1.807) is 25.3 Å². The largest absolute Gasteiger partial charge is 0.260 e. The fourth-order valence-electron chi connectivity index (χ4n) is 2.15. The number of rotatable bonds is 6. The number of hydrogen-bond acceptors (Lipinski definition) is 4. The molecular formula is C14H20N4O2S. The zero-order valence-electron chi connectivity index (χ0n) is 12.4. The van der Waals surface area contributed by atoms with Crippen molar-refractivity contribution in [3.05, 3.63) is 41.9 Å². The first kappa shape index (κ1) is 15.7. The fourth-order valence-corrected chi connectivity index (χ4v) is 3.70. The summed E-state index contributed by atoms with van der Waals surface area (Å²) < 4.78 is 29.3. The number of aryl methyl sites for hydroxylation is 2. The summed E-state index contributed by atoms with van der Waals surface area (Å²) >= 11 is 0. The molecule has 0 amide bonds. The second-order valence-corrected chi connectivity index (χ2v) is 6.44. The van der Waals surface area contributed by atoms with Gasteiger partial charge in [0.25, 0.3) is 10.0 Å². The van der Waals surface area contributed by atoms with Gasteiger partial charge < -0.3 is 0 Å². The zero-order valence-corrected chi connectivity index (χ0v) is 13.3. The van der Waals surface area contributed by atoms with Crippen molar-refractivity contribution in [2.24, 2.45) is 0 Å². The SMILES string of the molecule is CC[C@@H](NS(=O)(=O)c1cc(C)nn1CC)c1ccccn1. The van der Waals surface area contributed by atoms with Crippen LogP contribution in [0.3, 0.4) is 0 Å². The Bertz CT molecular complexity index is 695. The smallest absolute Gasteiger partial charge is 0.258 e. The Morgan fingerprint density at radius 1 is 1.33 bits per heavy atom. The summed E-state index contributed by atoms with van der Waals surface area (Å²) in [6.07, 6.45) is 2.28. The molecule has 0 fully saturated rings. The van der Waals surface area contributed by atoms with Gasteiger partial charge in [-0.05, 0) is 38.5 Å². The third-order valence-electron chi connectivity index (χ3n) is 3.19. The highest BCUT2D eigenvalue weighted by atomic mass is 32.2. The van der Waals surface area contributed by atoms with Crippen molar-refractivity contribution in [1.29, 1.82) is 0 Å². The van der Waals surface area contributed by atoms with Crippen LogP contribution in [0.25, 0.3) is 0 Å². The van der Waals surface area contributed by atoms with Crippen LogP contribution in [-0.2, 0) is 16.6 Å². The van der Waals surface area contributed by atoms with E-state index in [0.29, 0.717) is 24.4 Å². The van der Waals surface area contributed by atoms with Crippen molar-refractivity contribution in [3.8, 4) is 0 Å². The summed E-state index contributed by atoms with van der Waals surface area (Å²) in [6, 6.07) is 6.70. The van der Waals surface area contributed by atoms with Gasteiger partial charge in [0.1, 0.15) is 0 Å². The highest BCUT2D eigenvalue weighted by molar-refractivity contribution is 7.89. The van der Waals surface area contributed by atoms with E-state index in [1.165, 1.54) is 4.68 Å². The fraction of sp³-hybridized carbons (Fsp3) is 0.429. The number of nitrogens with one attached hydrogen (secondary N) is 1. The van der Waals surface area contributed by atoms with Gasteiger partial charge in [0.05, 0.1) is 17.4 Å². The topological polar surface area (TPSA) is 76.9 Å². The number of nitrogens with zero attached hydrogens (tertiary/aromatic N) is 3. The molecule has 0 aromatic carbocycles. The first-order valence-corrected chi connectivity index (χ1v) is 8.44. The van der Waals surface area contributed by atoms with Crippen molar-refractivity contribution in [2.75, 3.05) is 0 Å². The minimum Gasteiger partial charge on any atom is -0.260 e. The molecule has 0 radical (unpaired) electrons. The molecule has 21 heavy (non-hydrogen) atoms. The van der Waals surface area contributed by atoms with Crippen LogP contribution in [0.5, 0.6) is 0 Å². The van der Waals surface area contributed by atoms with Crippen LogP contribution in [0.2, 0.25) is 0 Å². The summed E-state index contributed by atoms with van der Waals surface area (Å²) in [5.74, 6) is 0. The Morgan fingerprint density at radius 3 is 2.67 bits per heavy atom. The van der Waals surface area contributed by atoms with Crippen molar-refractivity contribution in [2.45, 2.75) is 44.8 Å².